The van der Waals surface area contributed by atoms with E-state index < -0.39 is 0 Å². The predicted molar refractivity (Wildman–Crippen MR) is 125 cm³/mol. The molecule has 0 aliphatic rings. The number of hydrogen-bond acceptors (Lipinski definition) is 7. The van der Waals surface area contributed by atoms with Gasteiger partial charge in [-0.2, -0.15) is 0 Å². The number of ether oxygens (including phenoxy) is 2. The molecule has 0 fully saturated rings. The molecule has 1 amide bonds. The van der Waals surface area contributed by atoms with Crippen molar-refractivity contribution in [2.24, 2.45) is 0 Å². The van der Waals surface area contributed by atoms with E-state index in [1.807, 2.05) is 36.4 Å². The molecule has 0 saturated heterocycles. The number of nitrogens with zero attached hydrogens (tertiary/aromatic N) is 2. The van der Waals surface area contributed by atoms with E-state index in [9.17, 15) is 4.79 Å². The summed E-state index contributed by atoms with van der Waals surface area (Å²) in [6.07, 6.45) is 2.94. The molecule has 8 heteroatoms. The van der Waals surface area contributed by atoms with Crippen LogP contribution in [0, 0.1) is 0 Å². The number of aromatic nitrogens is 1. The van der Waals surface area contributed by atoms with Crippen LogP contribution in [0.5, 0.6) is 11.5 Å². The van der Waals surface area contributed by atoms with Crippen LogP contribution in [0.4, 0.5) is 0 Å². The summed E-state index contributed by atoms with van der Waals surface area (Å²) >= 11 is 0. The molecule has 0 saturated carbocycles. The minimum Gasteiger partial charge on any atom is -0.497 e. The molecule has 176 valence electrons. The van der Waals surface area contributed by atoms with E-state index in [1.54, 1.807) is 32.6 Å². The SMILES string of the molecule is COc1ccc(CN(Cc2ccccc2)Cc2nc(C(=O)NCc3ccco3)co2)c(OC)c1. The second-order valence-corrected chi connectivity index (χ2v) is 7.70. The lowest BCUT2D eigenvalue weighted by Crippen LogP contribution is -2.24. The van der Waals surface area contributed by atoms with Crippen molar-refractivity contribution in [1.82, 2.24) is 15.2 Å². The van der Waals surface area contributed by atoms with E-state index in [4.69, 9.17) is 18.3 Å². The zero-order valence-electron chi connectivity index (χ0n) is 19.2. The third-order valence-corrected chi connectivity index (χ3v) is 5.28. The third kappa shape index (κ3) is 6.05. The van der Waals surface area contributed by atoms with Crippen LogP contribution in [0.15, 0.2) is 82.0 Å². The predicted octanol–water partition coefficient (Wildman–Crippen LogP) is 4.42. The maximum absolute atomic E-state index is 12.4. The third-order valence-electron chi connectivity index (χ3n) is 5.28. The van der Waals surface area contributed by atoms with Gasteiger partial charge in [0.25, 0.3) is 5.91 Å². The lowest BCUT2D eigenvalue weighted by molar-refractivity contribution is 0.0943. The fourth-order valence-corrected chi connectivity index (χ4v) is 3.58. The maximum Gasteiger partial charge on any atom is 0.273 e. The van der Waals surface area contributed by atoms with Crippen molar-refractivity contribution >= 4 is 5.91 Å². The Balaban J connectivity index is 1.48. The van der Waals surface area contributed by atoms with Gasteiger partial charge < -0.3 is 23.6 Å². The Bertz CT molecular complexity index is 1190. The van der Waals surface area contributed by atoms with Gasteiger partial charge in [0.05, 0.1) is 33.6 Å². The lowest BCUT2D eigenvalue weighted by Gasteiger charge is -2.22. The molecular formula is C26H27N3O5. The van der Waals surface area contributed by atoms with Crippen LogP contribution in [0.25, 0.3) is 0 Å². The average Bonchev–Trinajstić information content (AvgIpc) is 3.56. The van der Waals surface area contributed by atoms with E-state index >= 15 is 0 Å². The molecule has 0 aliphatic heterocycles. The molecule has 0 atom stereocenters. The Kier molecular flexibility index (Phi) is 7.62. The zero-order chi connectivity index (χ0) is 23.8. The molecular weight excluding hydrogens is 434 g/mol. The molecule has 0 unspecified atom stereocenters. The smallest absolute Gasteiger partial charge is 0.273 e. The van der Waals surface area contributed by atoms with Crippen LogP contribution in [0.2, 0.25) is 0 Å². The first-order chi connectivity index (χ1) is 16.6. The number of oxazole rings is 1. The molecule has 1 N–H and O–H groups in total. The van der Waals surface area contributed by atoms with Crippen molar-refractivity contribution in [2.45, 2.75) is 26.2 Å². The summed E-state index contributed by atoms with van der Waals surface area (Å²) in [7, 11) is 3.27. The summed E-state index contributed by atoms with van der Waals surface area (Å²) in [6, 6.07) is 19.5. The summed E-state index contributed by atoms with van der Waals surface area (Å²) in [4.78, 5) is 19.0. The fraction of sp³-hybridized carbons (Fsp3) is 0.231. The van der Waals surface area contributed by atoms with Crippen LogP contribution in [-0.4, -0.2) is 30.0 Å². The fourth-order valence-electron chi connectivity index (χ4n) is 3.58. The number of furan rings is 1. The number of rotatable bonds is 11. The van der Waals surface area contributed by atoms with Gasteiger partial charge in [-0.05, 0) is 23.8 Å². The Labute approximate surface area is 198 Å². The van der Waals surface area contributed by atoms with Crippen LogP contribution in [0.1, 0.15) is 33.3 Å². The Hall–Kier alpha value is -4.04. The normalized spacial score (nSPS) is 10.9. The van der Waals surface area contributed by atoms with Crippen LogP contribution in [0.3, 0.4) is 0 Å². The highest BCUT2D eigenvalue weighted by molar-refractivity contribution is 5.91. The van der Waals surface area contributed by atoms with E-state index in [0.29, 0.717) is 31.3 Å². The molecule has 2 aromatic carbocycles. The minimum absolute atomic E-state index is 0.225. The largest absolute Gasteiger partial charge is 0.497 e. The van der Waals surface area contributed by atoms with Gasteiger partial charge >= 0.3 is 0 Å². The molecule has 4 rings (SSSR count). The first-order valence-corrected chi connectivity index (χ1v) is 10.9. The summed E-state index contributed by atoms with van der Waals surface area (Å²) in [6.45, 7) is 1.95. The van der Waals surface area contributed by atoms with Gasteiger partial charge in [0, 0.05) is 24.7 Å². The number of amides is 1. The molecule has 0 radical (unpaired) electrons. The number of carbonyl (C=O) groups is 1. The summed E-state index contributed by atoms with van der Waals surface area (Å²) in [5, 5.41) is 2.78. The molecule has 8 nitrogen and oxygen atoms in total. The van der Waals surface area contributed by atoms with E-state index in [-0.39, 0.29) is 18.1 Å². The zero-order valence-corrected chi connectivity index (χ0v) is 19.2. The second-order valence-electron chi connectivity index (χ2n) is 7.70. The topological polar surface area (TPSA) is 90.0 Å². The van der Waals surface area contributed by atoms with Crippen molar-refractivity contribution in [3.05, 3.63) is 102 Å². The van der Waals surface area contributed by atoms with E-state index in [0.717, 1.165) is 22.6 Å². The first kappa shape index (κ1) is 23.1. The van der Waals surface area contributed by atoms with Gasteiger partial charge in [-0.25, -0.2) is 4.98 Å². The van der Waals surface area contributed by atoms with Crippen LogP contribution < -0.4 is 14.8 Å². The number of nitrogens with one attached hydrogen (secondary N) is 1. The van der Waals surface area contributed by atoms with Crippen molar-refractivity contribution in [3.63, 3.8) is 0 Å². The Morgan fingerprint density at radius 1 is 0.971 bits per heavy atom. The van der Waals surface area contributed by atoms with Gasteiger partial charge in [0.15, 0.2) is 5.69 Å². The number of hydrogen-bond donors (Lipinski definition) is 1. The molecule has 0 aliphatic carbocycles. The number of methoxy groups -OCH3 is 2. The van der Waals surface area contributed by atoms with Crippen molar-refractivity contribution in [1.29, 1.82) is 0 Å². The van der Waals surface area contributed by atoms with Gasteiger partial charge in [-0.1, -0.05) is 36.4 Å². The van der Waals surface area contributed by atoms with Gasteiger partial charge in [0.2, 0.25) is 5.89 Å². The summed E-state index contributed by atoms with van der Waals surface area (Å²) < 4.78 is 21.8. The molecule has 0 bridgehead atoms. The number of carbonyl (C=O) groups excluding carboxylic acids is 1. The number of benzene rings is 2. The van der Waals surface area contributed by atoms with Gasteiger partial charge in [-0.15, -0.1) is 0 Å². The molecule has 2 aromatic heterocycles. The van der Waals surface area contributed by atoms with Crippen LogP contribution in [-0.2, 0) is 26.2 Å². The monoisotopic (exact) mass is 461 g/mol. The highest BCUT2D eigenvalue weighted by atomic mass is 16.5. The Morgan fingerprint density at radius 3 is 2.56 bits per heavy atom. The van der Waals surface area contributed by atoms with Crippen LogP contribution >= 0.6 is 0 Å². The standard InChI is InChI=1S/C26H27N3O5/c1-31-21-11-10-20(24(13-21)32-2)16-29(15-19-7-4-3-5-8-19)17-25-28-23(18-34-25)26(30)27-14-22-9-6-12-33-22/h3-13,18H,14-17H2,1-2H3,(H,27,30). The molecule has 0 spiro atoms. The average molecular weight is 462 g/mol. The lowest BCUT2D eigenvalue weighted by atomic mass is 10.1. The molecule has 34 heavy (non-hydrogen) atoms. The second kappa shape index (κ2) is 11.2. The van der Waals surface area contributed by atoms with Gasteiger partial charge in [0.1, 0.15) is 23.5 Å². The Morgan fingerprint density at radius 2 is 1.82 bits per heavy atom. The molecule has 4 aromatic rings. The van der Waals surface area contributed by atoms with Crippen molar-refractivity contribution in [3.8, 4) is 11.5 Å². The minimum atomic E-state index is -0.321. The highest BCUT2D eigenvalue weighted by Gasteiger charge is 2.17. The van der Waals surface area contributed by atoms with Crippen molar-refractivity contribution in [2.75, 3.05) is 14.2 Å². The maximum atomic E-state index is 12.4. The van der Waals surface area contributed by atoms with Gasteiger partial charge in [-0.3, -0.25) is 9.69 Å². The first-order valence-electron chi connectivity index (χ1n) is 10.9. The van der Waals surface area contributed by atoms with E-state index in [1.165, 1.54) is 6.26 Å². The highest BCUT2D eigenvalue weighted by Crippen LogP contribution is 2.27. The van der Waals surface area contributed by atoms with E-state index in [2.05, 4.69) is 27.3 Å². The summed E-state index contributed by atoms with van der Waals surface area (Å²) in [5.74, 6) is 2.26. The summed E-state index contributed by atoms with van der Waals surface area (Å²) in [5.41, 5.74) is 2.38. The quantitative estimate of drug-likeness (QED) is 0.354. The van der Waals surface area contributed by atoms with Crippen molar-refractivity contribution < 1.29 is 23.1 Å². The molecule has 2 heterocycles.